The van der Waals surface area contributed by atoms with Crippen LogP contribution in [0.2, 0.25) is 0 Å². The van der Waals surface area contributed by atoms with Crippen LogP contribution in [0.4, 0.5) is 0 Å². The minimum atomic E-state index is 0.539. The van der Waals surface area contributed by atoms with Crippen LogP contribution in [0.5, 0.6) is 0 Å². The quantitative estimate of drug-likeness (QED) is 0.122. The molecule has 0 fully saturated rings. The molecule has 0 spiro atoms. The molecule has 0 saturated heterocycles. The van der Waals surface area contributed by atoms with Crippen molar-refractivity contribution in [2.24, 2.45) is 0 Å². The lowest BCUT2D eigenvalue weighted by Crippen LogP contribution is -2.02. The van der Waals surface area contributed by atoms with E-state index in [9.17, 15) is 0 Å². The van der Waals surface area contributed by atoms with Crippen molar-refractivity contribution in [1.82, 2.24) is 49.8 Å². The number of hydrogen-bond acceptors (Lipinski definition) is 10. The van der Waals surface area contributed by atoms with E-state index in [1.165, 1.54) is 0 Å². The maximum absolute atomic E-state index is 5.45. The van der Waals surface area contributed by atoms with Gasteiger partial charge >= 0.3 is 0 Å². The van der Waals surface area contributed by atoms with Crippen molar-refractivity contribution in [1.29, 1.82) is 0 Å². The average Bonchev–Trinajstić information content (AvgIpc) is 0.889. The van der Waals surface area contributed by atoms with Crippen LogP contribution >= 0.6 is 0 Å². The molecule has 0 atom stereocenters. The SMILES string of the molecule is c1ccc(-c2cc(-c3nc(-c4ccc(-c5ccncc5)cc4)nc(-c4ccc5cccnc5c4)n3)c3ccc4c(-c5ccccc5)cc(-c5nc(-c6ccc(-c7ccncc7)cc6)nc(-c6ccc7cccnc7c6)n5)c5ccc2c3c45)cc1. The van der Waals surface area contributed by atoms with Crippen molar-refractivity contribution < 1.29 is 0 Å². The van der Waals surface area contributed by atoms with Gasteiger partial charge in [-0.05, 0) is 137 Å². The van der Waals surface area contributed by atoms with Crippen molar-refractivity contribution in [2.45, 2.75) is 0 Å². The van der Waals surface area contributed by atoms with Crippen LogP contribution < -0.4 is 0 Å². The average molecular weight is 1070 g/mol. The molecule has 16 rings (SSSR count). The third kappa shape index (κ3) is 8.61. The Hall–Kier alpha value is -11.6. The van der Waals surface area contributed by atoms with Gasteiger partial charge in [0, 0.05) is 81.3 Å². The summed E-state index contributed by atoms with van der Waals surface area (Å²) in [5, 5.41) is 8.36. The molecule has 10 aromatic carbocycles. The molecule has 84 heavy (non-hydrogen) atoms. The fraction of sp³-hybridized carbons (Fsp3) is 0. The molecular formula is C74H44N10. The number of benzene rings is 10. The third-order valence-corrected chi connectivity index (χ3v) is 15.9. The van der Waals surface area contributed by atoms with Crippen LogP contribution in [0.25, 0.3) is 167 Å². The zero-order valence-electron chi connectivity index (χ0n) is 44.9. The van der Waals surface area contributed by atoms with E-state index in [1.807, 2.05) is 73.6 Å². The van der Waals surface area contributed by atoms with E-state index in [0.29, 0.717) is 34.9 Å². The Kier molecular flexibility index (Phi) is 11.6. The Bertz CT molecular complexity index is 4830. The van der Waals surface area contributed by atoms with E-state index < -0.39 is 0 Å². The number of pyridine rings is 4. The van der Waals surface area contributed by atoms with E-state index in [1.54, 1.807) is 0 Å². The summed E-state index contributed by atoms with van der Waals surface area (Å²) in [5.74, 6) is 3.26. The van der Waals surface area contributed by atoms with E-state index in [-0.39, 0.29) is 0 Å². The fourth-order valence-corrected chi connectivity index (χ4v) is 11.7. The summed E-state index contributed by atoms with van der Waals surface area (Å²) in [7, 11) is 0. The summed E-state index contributed by atoms with van der Waals surface area (Å²) in [4.78, 5) is 50.2. The van der Waals surface area contributed by atoms with E-state index in [2.05, 4.69) is 204 Å². The van der Waals surface area contributed by atoms with Crippen LogP contribution in [0.1, 0.15) is 0 Å². The number of nitrogens with zero attached hydrogens (tertiary/aromatic N) is 10. The second-order valence-electron chi connectivity index (χ2n) is 20.8. The smallest absolute Gasteiger partial charge is 0.164 e. The summed E-state index contributed by atoms with van der Waals surface area (Å²) >= 11 is 0. The molecule has 10 heteroatoms. The maximum atomic E-state index is 5.45. The van der Waals surface area contributed by atoms with Crippen molar-refractivity contribution in [3.63, 3.8) is 0 Å². The topological polar surface area (TPSA) is 129 Å². The lowest BCUT2D eigenvalue weighted by atomic mass is 9.83. The number of rotatable bonds is 10. The largest absolute Gasteiger partial charge is 0.265 e. The summed E-state index contributed by atoms with van der Waals surface area (Å²) in [6.07, 6.45) is 10.9. The van der Waals surface area contributed by atoms with Gasteiger partial charge in [0.15, 0.2) is 34.9 Å². The van der Waals surface area contributed by atoms with Crippen LogP contribution in [0, 0.1) is 0 Å². The number of hydrogen-bond donors (Lipinski definition) is 0. The lowest BCUT2D eigenvalue weighted by molar-refractivity contribution is 1.08. The summed E-state index contributed by atoms with van der Waals surface area (Å²) in [6, 6.07) is 80.0. The van der Waals surface area contributed by atoms with Gasteiger partial charge in [-0.1, -0.05) is 170 Å². The van der Waals surface area contributed by atoms with Gasteiger partial charge in [0.2, 0.25) is 0 Å². The molecule has 6 heterocycles. The standard InChI is InChI=1S/C74H44N10/c1-3-9-49(10-4-1)61-43-63(73-81-69(53-21-15-45(16-22-53)47-31-37-75-38-32-47)79-71(83-73)55-25-19-51-13-7-35-77-65(51)41-55)59-30-28-58-62(50-11-5-2-6-12-50)44-64(60-29-27-57(61)67(59)68(58)60)74-82-70(54-23-17-46(18-24-54)48-33-39-76-40-34-48)80-72(84-74)56-26-20-52-14-8-36-78-66(52)42-56/h1-44H. The molecule has 0 N–H and O–H groups in total. The van der Waals surface area contributed by atoms with E-state index in [4.69, 9.17) is 39.9 Å². The van der Waals surface area contributed by atoms with Gasteiger partial charge in [-0.25, -0.2) is 29.9 Å². The van der Waals surface area contributed by atoms with Crippen LogP contribution in [-0.2, 0) is 0 Å². The number of aromatic nitrogens is 10. The van der Waals surface area contributed by atoms with Crippen LogP contribution in [-0.4, -0.2) is 49.8 Å². The van der Waals surface area contributed by atoms with Gasteiger partial charge in [-0.15, -0.1) is 0 Å². The Labute approximate surface area is 482 Å². The highest BCUT2D eigenvalue weighted by Gasteiger charge is 2.25. The molecule has 0 saturated carbocycles. The molecule has 0 radical (unpaired) electrons. The lowest BCUT2D eigenvalue weighted by Gasteiger charge is -2.21. The zero-order valence-corrected chi connectivity index (χ0v) is 44.9. The first-order valence-electron chi connectivity index (χ1n) is 27.7. The van der Waals surface area contributed by atoms with Gasteiger partial charge in [0.05, 0.1) is 11.0 Å². The minimum Gasteiger partial charge on any atom is -0.265 e. The van der Waals surface area contributed by atoms with Gasteiger partial charge in [0.1, 0.15) is 0 Å². The maximum Gasteiger partial charge on any atom is 0.164 e. The third-order valence-electron chi connectivity index (χ3n) is 15.9. The first kappa shape index (κ1) is 48.3. The predicted molar refractivity (Wildman–Crippen MR) is 337 cm³/mol. The highest BCUT2D eigenvalue weighted by Crippen LogP contribution is 2.48. The van der Waals surface area contributed by atoms with Gasteiger partial charge in [0.25, 0.3) is 0 Å². The first-order chi connectivity index (χ1) is 41.6. The molecule has 0 amide bonds. The highest BCUT2D eigenvalue weighted by atomic mass is 15.0. The van der Waals surface area contributed by atoms with Crippen molar-refractivity contribution in [2.75, 3.05) is 0 Å². The molecule has 10 nitrogen and oxygen atoms in total. The summed E-state index contributed by atoms with van der Waals surface area (Å²) in [6.45, 7) is 0. The Morgan fingerprint density at radius 3 is 0.940 bits per heavy atom. The van der Waals surface area contributed by atoms with E-state index >= 15 is 0 Å². The molecule has 0 aliphatic carbocycles. The fourth-order valence-electron chi connectivity index (χ4n) is 11.7. The zero-order chi connectivity index (χ0) is 55.5. The second kappa shape index (κ2) is 20.2. The molecule has 16 aromatic rings. The highest BCUT2D eigenvalue weighted by molar-refractivity contribution is 6.31. The predicted octanol–water partition coefficient (Wildman–Crippen LogP) is 17.5. The van der Waals surface area contributed by atoms with Crippen molar-refractivity contribution >= 4 is 54.1 Å². The van der Waals surface area contributed by atoms with Crippen molar-refractivity contribution in [3.05, 3.63) is 268 Å². The van der Waals surface area contributed by atoms with E-state index in [0.717, 1.165) is 132 Å². The molecule has 0 unspecified atom stereocenters. The molecular weight excluding hydrogens is 1030 g/mol. The Morgan fingerprint density at radius 2 is 0.536 bits per heavy atom. The molecule has 390 valence electrons. The van der Waals surface area contributed by atoms with Gasteiger partial charge in [-0.2, -0.15) is 0 Å². The number of fused-ring (bicyclic) bond motifs is 2. The van der Waals surface area contributed by atoms with Crippen LogP contribution in [0.15, 0.2) is 268 Å². The van der Waals surface area contributed by atoms with Crippen molar-refractivity contribution in [3.8, 4) is 113 Å². The summed E-state index contributed by atoms with van der Waals surface area (Å²) < 4.78 is 0. The van der Waals surface area contributed by atoms with Gasteiger partial charge in [-0.3, -0.25) is 19.9 Å². The Morgan fingerprint density at radius 1 is 0.202 bits per heavy atom. The minimum absolute atomic E-state index is 0.539. The molecule has 0 aliphatic rings. The molecule has 6 aromatic heterocycles. The normalized spacial score (nSPS) is 11.6. The first-order valence-corrected chi connectivity index (χ1v) is 27.7. The molecule has 0 bridgehead atoms. The van der Waals surface area contributed by atoms with Gasteiger partial charge < -0.3 is 0 Å². The monoisotopic (exact) mass is 1070 g/mol. The second-order valence-corrected chi connectivity index (χ2v) is 20.8. The van der Waals surface area contributed by atoms with Crippen LogP contribution in [0.3, 0.4) is 0 Å². The summed E-state index contributed by atoms with van der Waals surface area (Å²) in [5.41, 5.74) is 15.3. The molecule has 0 aliphatic heterocycles. The Balaban J connectivity index is 0.964.